The van der Waals surface area contributed by atoms with Gasteiger partial charge in [0.1, 0.15) is 0 Å². The van der Waals surface area contributed by atoms with Crippen molar-refractivity contribution in [2.75, 3.05) is 26.2 Å². The molecule has 3 atom stereocenters. The van der Waals surface area contributed by atoms with Crippen LogP contribution in [0.2, 0.25) is 0 Å². The highest BCUT2D eigenvalue weighted by Crippen LogP contribution is 2.26. The molecular weight excluding hydrogens is 257 g/mol. The van der Waals surface area contributed by atoms with Crippen LogP contribution in [0.5, 0.6) is 0 Å². The molecule has 0 aromatic carbocycles. The Bertz CT molecular complexity index is 298. The largest absolute Gasteiger partial charge is 0.401 e. The van der Waals surface area contributed by atoms with Gasteiger partial charge in [-0.05, 0) is 19.8 Å². The summed E-state index contributed by atoms with van der Waals surface area (Å²) in [5.41, 5.74) is 0. The maximum Gasteiger partial charge on any atom is 0.401 e. The van der Waals surface area contributed by atoms with Gasteiger partial charge in [-0.3, -0.25) is 9.80 Å². The van der Waals surface area contributed by atoms with Gasteiger partial charge in [-0.2, -0.15) is 13.2 Å². The molecule has 3 unspecified atom stereocenters. The van der Waals surface area contributed by atoms with Gasteiger partial charge in [0.15, 0.2) is 0 Å². The summed E-state index contributed by atoms with van der Waals surface area (Å²) in [5.74, 6) is 0. The van der Waals surface area contributed by atoms with Crippen molar-refractivity contribution in [3.63, 3.8) is 0 Å². The summed E-state index contributed by atoms with van der Waals surface area (Å²) in [6, 6.07) is 0.0359. The summed E-state index contributed by atoms with van der Waals surface area (Å²) >= 11 is 0. The summed E-state index contributed by atoms with van der Waals surface area (Å²) in [5, 5.41) is 10.0. The highest BCUT2D eigenvalue weighted by Gasteiger charge is 2.37. The summed E-state index contributed by atoms with van der Waals surface area (Å²) in [6.45, 7) is 2.70. The van der Waals surface area contributed by atoms with Crippen molar-refractivity contribution in [2.45, 2.75) is 57.0 Å². The Morgan fingerprint density at radius 1 is 1.16 bits per heavy atom. The molecule has 0 amide bonds. The molecule has 2 aliphatic rings. The standard InChI is InChI=1S/C13H23F3N2O/c1-10-8-17(11-4-2-3-5-12(11)19)6-7-18(10)9-13(14,15)16/h10-12,19H,2-9H2,1H3. The van der Waals surface area contributed by atoms with Gasteiger partial charge < -0.3 is 5.11 Å². The van der Waals surface area contributed by atoms with E-state index in [1.165, 1.54) is 4.90 Å². The third-order valence-electron chi connectivity index (χ3n) is 4.34. The zero-order valence-electron chi connectivity index (χ0n) is 11.4. The van der Waals surface area contributed by atoms with E-state index in [1.807, 2.05) is 6.92 Å². The molecule has 1 saturated carbocycles. The molecule has 1 N–H and O–H groups in total. The van der Waals surface area contributed by atoms with Crippen LogP contribution in [0.4, 0.5) is 13.2 Å². The molecular formula is C13H23F3N2O. The Balaban J connectivity index is 1.88. The first-order chi connectivity index (χ1) is 8.87. The molecule has 1 aliphatic carbocycles. The summed E-state index contributed by atoms with van der Waals surface area (Å²) in [6.07, 6.45) is -0.481. The Labute approximate surface area is 112 Å². The molecule has 0 spiro atoms. The molecule has 19 heavy (non-hydrogen) atoms. The minimum atomic E-state index is -4.12. The second-order valence-electron chi connectivity index (χ2n) is 5.85. The van der Waals surface area contributed by atoms with Crippen LogP contribution in [0.1, 0.15) is 32.6 Å². The maximum atomic E-state index is 12.4. The van der Waals surface area contributed by atoms with Gasteiger partial charge in [-0.1, -0.05) is 12.8 Å². The van der Waals surface area contributed by atoms with Crippen LogP contribution in [0.15, 0.2) is 0 Å². The number of hydrogen-bond donors (Lipinski definition) is 1. The van der Waals surface area contributed by atoms with Gasteiger partial charge in [0.05, 0.1) is 12.6 Å². The number of halogens is 3. The lowest BCUT2D eigenvalue weighted by Gasteiger charge is -2.45. The number of piperazine rings is 1. The van der Waals surface area contributed by atoms with Gasteiger partial charge in [-0.25, -0.2) is 0 Å². The lowest BCUT2D eigenvalue weighted by molar-refractivity contribution is -0.157. The molecule has 0 aromatic heterocycles. The monoisotopic (exact) mass is 280 g/mol. The highest BCUT2D eigenvalue weighted by molar-refractivity contribution is 4.89. The lowest BCUT2D eigenvalue weighted by Crippen LogP contribution is -2.59. The number of rotatable bonds is 2. The Hall–Kier alpha value is -0.330. The van der Waals surface area contributed by atoms with Crippen LogP contribution in [0, 0.1) is 0 Å². The minimum absolute atomic E-state index is 0.107. The highest BCUT2D eigenvalue weighted by atomic mass is 19.4. The summed E-state index contributed by atoms with van der Waals surface area (Å²) in [4.78, 5) is 3.67. The molecule has 6 heteroatoms. The molecule has 2 fully saturated rings. The predicted octanol–water partition coefficient (Wildman–Crippen LogP) is 1.86. The first-order valence-electron chi connectivity index (χ1n) is 7.10. The zero-order valence-corrected chi connectivity index (χ0v) is 11.4. The molecule has 0 aromatic rings. The van der Waals surface area contributed by atoms with E-state index in [0.717, 1.165) is 25.7 Å². The van der Waals surface area contributed by atoms with Crippen LogP contribution < -0.4 is 0 Å². The fourth-order valence-corrected chi connectivity index (χ4v) is 3.31. The molecule has 3 nitrogen and oxygen atoms in total. The first kappa shape index (κ1) is 15.1. The lowest BCUT2D eigenvalue weighted by atomic mass is 9.90. The molecule has 1 aliphatic heterocycles. The van der Waals surface area contributed by atoms with Crippen LogP contribution in [-0.4, -0.2) is 65.4 Å². The van der Waals surface area contributed by atoms with Gasteiger partial charge in [0.2, 0.25) is 0 Å². The van der Waals surface area contributed by atoms with E-state index >= 15 is 0 Å². The van der Waals surface area contributed by atoms with Crippen molar-refractivity contribution in [1.29, 1.82) is 0 Å². The Kier molecular flexibility index (Phi) is 4.74. The second-order valence-corrected chi connectivity index (χ2v) is 5.85. The van der Waals surface area contributed by atoms with E-state index in [1.54, 1.807) is 0 Å². The molecule has 112 valence electrons. The molecule has 1 saturated heterocycles. The number of aliphatic hydroxyl groups is 1. The number of aliphatic hydroxyl groups excluding tert-OH is 1. The first-order valence-corrected chi connectivity index (χ1v) is 7.10. The van der Waals surface area contributed by atoms with Crippen LogP contribution in [-0.2, 0) is 0 Å². The third-order valence-corrected chi connectivity index (χ3v) is 4.34. The van der Waals surface area contributed by atoms with Crippen molar-refractivity contribution < 1.29 is 18.3 Å². The average Bonchev–Trinajstić information content (AvgIpc) is 2.31. The maximum absolute atomic E-state index is 12.4. The van der Waals surface area contributed by atoms with Crippen LogP contribution in [0.25, 0.3) is 0 Å². The summed E-state index contributed by atoms with van der Waals surface area (Å²) < 4.78 is 37.3. The fourth-order valence-electron chi connectivity index (χ4n) is 3.31. The predicted molar refractivity (Wildman–Crippen MR) is 66.9 cm³/mol. The van der Waals surface area contributed by atoms with Gasteiger partial charge in [0.25, 0.3) is 0 Å². The minimum Gasteiger partial charge on any atom is -0.391 e. The number of hydrogen-bond acceptors (Lipinski definition) is 3. The third kappa shape index (κ3) is 4.07. The topological polar surface area (TPSA) is 26.7 Å². The summed E-state index contributed by atoms with van der Waals surface area (Å²) in [7, 11) is 0. The average molecular weight is 280 g/mol. The van der Waals surface area contributed by atoms with E-state index in [9.17, 15) is 18.3 Å². The van der Waals surface area contributed by atoms with E-state index in [2.05, 4.69) is 4.90 Å². The zero-order chi connectivity index (χ0) is 14.0. The van der Waals surface area contributed by atoms with Crippen LogP contribution in [0.3, 0.4) is 0 Å². The van der Waals surface area contributed by atoms with Crippen LogP contribution >= 0.6 is 0 Å². The molecule has 0 bridgehead atoms. The SMILES string of the molecule is CC1CN(C2CCCCC2O)CCN1CC(F)(F)F. The van der Waals surface area contributed by atoms with E-state index in [-0.39, 0.29) is 18.2 Å². The van der Waals surface area contributed by atoms with Crippen molar-refractivity contribution in [3.8, 4) is 0 Å². The van der Waals surface area contributed by atoms with Gasteiger partial charge >= 0.3 is 6.18 Å². The molecule has 1 heterocycles. The van der Waals surface area contributed by atoms with E-state index in [0.29, 0.717) is 19.6 Å². The Morgan fingerprint density at radius 3 is 2.42 bits per heavy atom. The van der Waals surface area contributed by atoms with Gasteiger partial charge in [0, 0.05) is 31.7 Å². The quantitative estimate of drug-likeness (QED) is 0.836. The van der Waals surface area contributed by atoms with Gasteiger partial charge in [-0.15, -0.1) is 0 Å². The van der Waals surface area contributed by atoms with E-state index < -0.39 is 12.7 Å². The van der Waals surface area contributed by atoms with Crippen molar-refractivity contribution in [2.24, 2.45) is 0 Å². The van der Waals surface area contributed by atoms with E-state index in [4.69, 9.17) is 0 Å². The second kappa shape index (κ2) is 5.97. The number of alkyl halides is 3. The molecule has 2 rings (SSSR count). The normalized spacial score (nSPS) is 35.5. The van der Waals surface area contributed by atoms with Crippen molar-refractivity contribution >= 4 is 0 Å². The number of nitrogens with zero attached hydrogens (tertiary/aromatic N) is 2. The van der Waals surface area contributed by atoms with Crippen molar-refractivity contribution in [1.82, 2.24) is 9.80 Å². The smallest absolute Gasteiger partial charge is 0.391 e. The Morgan fingerprint density at radius 2 is 1.84 bits per heavy atom. The fraction of sp³-hybridized carbons (Fsp3) is 1.00. The molecule has 0 radical (unpaired) electrons. The van der Waals surface area contributed by atoms with Crippen molar-refractivity contribution in [3.05, 3.63) is 0 Å².